The van der Waals surface area contributed by atoms with Gasteiger partial charge in [-0.3, -0.25) is 0 Å². The van der Waals surface area contributed by atoms with Crippen molar-refractivity contribution >= 4 is 11.8 Å². The molecule has 0 spiro atoms. The van der Waals surface area contributed by atoms with Crippen LogP contribution < -0.4 is 10.1 Å². The fourth-order valence-electron chi connectivity index (χ4n) is 2.52. The Labute approximate surface area is 108 Å². The minimum absolute atomic E-state index is 0.756. The van der Waals surface area contributed by atoms with Crippen LogP contribution in [0, 0.1) is 5.92 Å². The van der Waals surface area contributed by atoms with Crippen molar-refractivity contribution in [1.29, 1.82) is 0 Å². The molecule has 1 saturated heterocycles. The lowest BCUT2D eigenvalue weighted by Crippen LogP contribution is -2.31. The molecule has 0 radical (unpaired) electrons. The van der Waals surface area contributed by atoms with Crippen molar-refractivity contribution in [2.75, 3.05) is 26.5 Å². The standard InChI is InChI=1S/C14H21NOS/c1-16-13-6-3-7-14(17-2)12(13)9-11-5-4-8-15-10-11/h3,6-7,11,15H,4-5,8-10H2,1-2H3. The van der Waals surface area contributed by atoms with Crippen LogP contribution in [-0.2, 0) is 6.42 Å². The fraction of sp³-hybridized carbons (Fsp3) is 0.571. The Morgan fingerprint density at radius 3 is 3.00 bits per heavy atom. The third-order valence-corrected chi connectivity index (χ3v) is 4.24. The molecule has 3 heteroatoms. The maximum absolute atomic E-state index is 5.50. The van der Waals surface area contributed by atoms with Crippen LogP contribution in [0.3, 0.4) is 0 Å². The molecule has 1 N–H and O–H groups in total. The van der Waals surface area contributed by atoms with Crippen molar-refractivity contribution in [1.82, 2.24) is 5.32 Å². The highest BCUT2D eigenvalue weighted by atomic mass is 32.2. The summed E-state index contributed by atoms with van der Waals surface area (Å²) in [6, 6.07) is 6.34. The van der Waals surface area contributed by atoms with E-state index in [0.717, 1.165) is 24.6 Å². The maximum Gasteiger partial charge on any atom is 0.123 e. The van der Waals surface area contributed by atoms with Crippen molar-refractivity contribution in [3.63, 3.8) is 0 Å². The number of thioether (sulfide) groups is 1. The summed E-state index contributed by atoms with van der Waals surface area (Å²) >= 11 is 1.81. The normalized spacial score (nSPS) is 20.2. The first-order valence-electron chi connectivity index (χ1n) is 6.25. The Kier molecular flexibility index (Phi) is 4.75. The third kappa shape index (κ3) is 3.17. The van der Waals surface area contributed by atoms with Crippen LogP contribution in [-0.4, -0.2) is 26.5 Å². The molecule has 1 aliphatic heterocycles. The number of hydrogen-bond donors (Lipinski definition) is 1. The van der Waals surface area contributed by atoms with Gasteiger partial charge in [0.1, 0.15) is 5.75 Å². The molecule has 1 atom stereocenters. The first-order valence-corrected chi connectivity index (χ1v) is 7.48. The Hall–Kier alpha value is -0.670. The van der Waals surface area contributed by atoms with Crippen LogP contribution in [0.4, 0.5) is 0 Å². The van der Waals surface area contributed by atoms with Gasteiger partial charge in [0, 0.05) is 10.5 Å². The summed E-state index contributed by atoms with van der Waals surface area (Å²) in [4.78, 5) is 1.36. The van der Waals surface area contributed by atoms with Gasteiger partial charge in [0.2, 0.25) is 0 Å². The Morgan fingerprint density at radius 2 is 2.35 bits per heavy atom. The van der Waals surface area contributed by atoms with Crippen LogP contribution >= 0.6 is 11.8 Å². The molecule has 1 aliphatic rings. The Balaban J connectivity index is 2.16. The molecular formula is C14H21NOS. The lowest BCUT2D eigenvalue weighted by atomic mass is 9.92. The van der Waals surface area contributed by atoms with Gasteiger partial charge >= 0.3 is 0 Å². The minimum atomic E-state index is 0.756. The SMILES string of the molecule is COc1cccc(SC)c1CC1CCCNC1. The average molecular weight is 251 g/mol. The average Bonchev–Trinajstić information content (AvgIpc) is 2.40. The number of ether oxygens (including phenoxy) is 1. The predicted octanol–water partition coefficient (Wildman–Crippen LogP) is 2.96. The quantitative estimate of drug-likeness (QED) is 0.831. The van der Waals surface area contributed by atoms with Crippen LogP contribution in [0.5, 0.6) is 5.75 Å². The second kappa shape index (κ2) is 6.31. The van der Waals surface area contributed by atoms with Gasteiger partial charge in [0.15, 0.2) is 0 Å². The molecule has 1 unspecified atom stereocenters. The molecule has 0 bridgehead atoms. The number of benzene rings is 1. The van der Waals surface area contributed by atoms with E-state index in [0.29, 0.717) is 0 Å². The molecule has 17 heavy (non-hydrogen) atoms. The highest BCUT2D eigenvalue weighted by molar-refractivity contribution is 7.98. The zero-order chi connectivity index (χ0) is 12.1. The molecule has 2 nitrogen and oxygen atoms in total. The Morgan fingerprint density at radius 1 is 1.47 bits per heavy atom. The van der Waals surface area contributed by atoms with E-state index in [-0.39, 0.29) is 0 Å². The molecular weight excluding hydrogens is 230 g/mol. The number of piperidine rings is 1. The van der Waals surface area contributed by atoms with E-state index in [4.69, 9.17) is 4.74 Å². The van der Waals surface area contributed by atoms with Gasteiger partial charge in [-0.15, -0.1) is 11.8 Å². The van der Waals surface area contributed by atoms with E-state index in [1.54, 1.807) is 7.11 Å². The van der Waals surface area contributed by atoms with Crippen LogP contribution in [0.25, 0.3) is 0 Å². The van der Waals surface area contributed by atoms with Crippen LogP contribution in [0.15, 0.2) is 23.1 Å². The molecule has 2 rings (SSSR count). The van der Waals surface area contributed by atoms with E-state index in [9.17, 15) is 0 Å². The molecule has 0 aromatic heterocycles. The maximum atomic E-state index is 5.50. The molecule has 1 heterocycles. The summed E-state index contributed by atoms with van der Waals surface area (Å²) in [5.41, 5.74) is 1.39. The van der Waals surface area contributed by atoms with Gasteiger partial charge in [-0.05, 0) is 56.7 Å². The molecule has 0 saturated carbocycles. The van der Waals surface area contributed by atoms with Crippen molar-refractivity contribution in [3.8, 4) is 5.75 Å². The minimum Gasteiger partial charge on any atom is -0.496 e. The summed E-state index contributed by atoms with van der Waals surface area (Å²) in [6.45, 7) is 2.32. The second-order valence-corrected chi connectivity index (χ2v) is 5.41. The first-order chi connectivity index (χ1) is 8.35. The highest BCUT2D eigenvalue weighted by Gasteiger charge is 2.17. The van der Waals surface area contributed by atoms with E-state index in [1.165, 1.54) is 29.8 Å². The summed E-state index contributed by atoms with van der Waals surface area (Å²) in [5, 5.41) is 3.48. The molecule has 1 aromatic carbocycles. The number of rotatable bonds is 4. The molecule has 1 aromatic rings. The van der Waals surface area contributed by atoms with Gasteiger partial charge < -0.3 is 10.1 Å². The molecule has 0 aliphatic carbocycles. The second-order valence-electron chi connectivity index (χ2n) is 4.56. The predicted molar refractivity (Wildman–Crippen MR) is 74.1 cm³/mol. The fourth-order valence-corrected chi connectivity index (χ4v) is 3.16. The largest absolute Gasteiger partial charge is 0.496 e. The highest BCUT2D eigenvalue weighted by Crippen LogP contribution is 2.32. The van der Waals surface area contributed by atoms with Gasteiger partial charge in [0.05, 0.1) is 7.11 Å². The van der Waals surface area contributed by atoms with Crippen LogP contribution in [0.1, 0.15) is 18.4 Å². The van der Waals surface area contributed by atoms with Gasteiger partial charge in [-0.1, -0.05) is 6.07 Å². The summed E-state index contributed by atoms with van der Waals surface area (Å²) in [5.74, 6) is 1.80. The monoisotopic (exact) mass is 251 g/mol. The third-order valence-electron chi connectivity index (χ3n) is 3.42. The summed E-state index contributed by atoms with van der Waals surface area (Å²) < 4.78 is 5.50. The van der Waals surface area contributed by atoms with Crippen molar-refractivity contribution in [3.05, 3.63) is 23.8 Å². The number of hydrogen-bond acceptors (Lipinski definition) is 3. The zero-order valence-electron chi connectivity index (χ0n) is 10.7. The van der Waals surface area contributed by atoms with Gasteiger partial charge in [-0.2, -0.15) is 0 Å². The van der Waals surface area contributed by atoms with E-state index in [2.05, 4.69) is 29.8 Å². The van der Waals surface area contributed by atoms with E-state index in [1.807, 2.05) is 11.8 Å². The van der Waals surface area contributed by atoms with E-state index < -0.39 is 0 Å². The zero-order valence-corrected chi connectivity index (χ0v) is 11.5. The molecule has 94 valence electrons. The van der Waals surface area contributed by atoms with Crippen molar-refractivity contribution in [2.45, 2.75) is 24.2 Å². The summed E-state index contributed by atoms with van der Waals surface area (Å²) in [7, 11) is 1.77. The van der Waals surface area contributed by atoms with Gasteiger partial charge in [-0.25, -0.2) is 0 Å². The number of nitrogens with one attached hydrogen (secondary N) is 1. The van der Waals surface area contributed by atoms with Crippen molar-refractivity contribution < 1.29 is 4.74 Å². The number of methoxy groups -OCH3 is 1. The lowest BCUT2D eigenvalue weighted by molar-refractivity contribution is 0.362. The van der Waals surface area contributed by atoms with E-state index >= 15 is 0 Å². The van der Waals surface area contributed by atoms with Crippen molar-refractivity contribution in [2.24, 2.45) is 5.92 Å². The summed E-state index contributed by atoms with van der Waals surface area (Å²) in [6.07, 6.45) is 5.90. The first kappa shape index (κ1) is 12.8. The van der Waals surface area contributed by atoms with Crippen LogP contribution in [0.2, 0.25) is 0 Å². The Bertz CT molecular complexity index is 339. The topological polar surface area (TPSA) is 21.3 Å². The lowest BCUT2D eigenvalue weighted by Gasteiger charge is -2.24. The molecule has 1 fully saturated rings. The molecule has 0 amide bonds. The smallest absolute Gasteiger partial charge is 0.123 e. The van der Waals surface area contributed by atoms with Gasteiger partial charge in [0.25, 0.3) is 0 Å².